The first-order chi connectivity index (χ1) is 7.25. The average molecular weight is 225 g/mol. The minimum absolute atomic E-state index is 0.480. The molecule has 2 aromatic rings. The number of halogens is 1. The van der Waals surface area contributed by atoms with E-state index in [1.165, 1.54) is 12.5 Å². The molecule has 78 valence electrons. The summed E-state index contributed by atoms with van der Waals surface area (Å²) in [6.45, 7) is 0.484. The van der Waals surface area contributed by atoms with Crippen LogP contribution in [0.15, 0.2) is 18.9 Å². The molecule has 0 spiro atoms. The van der Waals surface area contributed by atoms with Crippen molar-refractivity contribution in [2.45, 2.75) is 6.54 Å². The Kier molecular flexibility index (Phi) is 2.77. The molecular formula is C8H9ClN6. The molecule has 15 heavy (non-hydrogen) atoms. The van der Waals surface area contributed by atoms with Crippen LogP contribution in [0.3, 0.4) is 0 Å². The number of aryl methyl sites for hydroxylation is 1. The number of hydrogen-bond acceptors (Lipinski definition) is 5. The number of nitrogens with one attached hydrogen (secondary N) is 1. The van der Waals surface area contributed by atoms with Gasteiger partial charge in [-0.15, -0.1) is 0 Å². The van der Waals surface area contributed by atoms with Crippen molar-refractivity contribution in [3.05, 3.63) is 29.7 Å². The van der Waals surface area contributed by atoms with Gasteiger partial charge in [-0.05, 0) is 0 Å². The molecule has 0 saturated carbocycles. The van der Waals surface area contributed by atoms with Crippen molar-refractivity contribution in [1.29, 1.82) is 0 Å². The van der Waals surface area contributed by atoms with Gasteiger partial charge in [-0.3, -0.25) is 4.68 Å². The number of rotatable bonds is 3. The summed E-state index contributed by atoms with van der Waals surface area (Å²) >= 11 is 5.86. The second-order valence-electron chi connectivity index (χ2n) is 2.91. The molecule has 0 aromatic carbocycles. The van der Waals surface area contributed by atoms with Gasteiger partial charge >= 0.3 is 0 Å². The van der Waals surface area contributed by atoms with Crippen LogP contribution in [0.25, 0.3) is 0 Å². The summed E-state index contributed by atoms with van der Waals surface area (Å²) in [5.74, 6) is 1.27. The maximum Gasteiger partial charge on any atom is 0.169 e. The molecule has 0 radical (unpaired) electrons. The van der Waals surface area contributed by atoms with E-state index >= 15 is 0 Å². The van der Waals surface area contributed by atoms with E-state index < -0.39 is 0 Å². The van der Waals surface area contributed by atoms with Crippen molar-refractivity contribution in [2.75, 3.05) is 5.32 Å². The van der Waals surface area contributed by atoms with Crippen LogP contribution in [0, 0.1) is 0 Å². The van der Waals surface area contributed by atoms with E-state index in [1.54, 1.807) is 11.0 Å². The zero-order chi connectivity index (χ0) is 10.7. The summed E-state index contributed by atoms with van der Waals surface area (Å²) in [5, 5.41) is 7.61. The van der Waals surface area contributed by atoms with E-state index in [1.807, 2.05) is 7.05 Å². The van der Waals surface area contributed by atoms with Crippen LogP contribution >= 0.6 is 11.6 Å². The molecule has 0 atom stereocenters. The molecule has 0 aliphatic rings. The third-order valence-corrected chi connectivity index (χ3v) is 2.01. The molecule has 0 unspecified atom stereocenters. The average Bonchev–Trinajstić information content (AvgIpc) is 2.63. The molecule has 2 heterocycles. The molecule has 0 saturated heterocycles. The predicted octanol–water partition coefficient (Wildman–Crippen LogP) is 0.871. The molecule has 0 aliphatic heterocycles. The fourth-order valence-electron chi connectivity index (χ4n) is 1.07. The Morgan fingerprint density at radius 1 is 1.47 bits per heavy atom. The van der Waals surface area contributed by atoms with Crippen LogP contribution in [0.1, 0.15) is 5.82 Å². The summed E-state index contributed by atoms with van der Waals surface area (Å²) < 4.78 is 1.64. The Hall–Kier alpha value is -1.69. The summed E-state index contributed by atoms with van der Waals surface area (Å²) in [7, 11) is 1.81. The van der Waals surface area contributed by atoms with Gasteiger partial charge in [-0.2, -0.15) is 5.10 Å². The van der Waals surface area contributed by atoms with Gasteiger partial charge in [0.1, 0.15) is 23.5 Å². The molecule has 6 nitrogen and oxygen atoms in total. The van der Waals surface area contributed by atoms with Crippen molar-refractivity contribution >= 4 is 17.4 Å². The third-order valence-electron chi connectivity index (χ3n) is 1.73. The van der Waals surface area contributed by atoms with Gasteiger partial charge < -0.3 is 5.32 Å². The lowest BCUT2D eigenvalue weighted by Gasteiger charge is -2.03. The molecule has 0 aliphatic carbocycles. The third kappa shape index (κ3) is 2.41. The Balaban J connectivity index is 2.02. The van der Waals surface area contributed by atoms with Crippen LogP contribution < -0.4 is 5.32 Å². The van der Waals surface area contributed by atoms with Gasteiger partial charge in [0.25, 0.3) is 0 Å². The quantitative estimate of drug-likeness (QED) is 0.838. The van der Waals surface area contributed by atoms with Crippen molar-refractivity contribution in [3.63, 3.8) is 0 Å². The van der Waals surface area contributed by atoms with E-state index in [0.29, 0.717) is 23.2 Å². The van der Waals surface area contributed by atoms with Gasteiger partial charge in [-0.1, -0.05) is 11.6 Å². The zero-order valence-electron chi connectivity index (χ0n) is 8.05. The highest BCUT2D eigenvalue weighted by atomic mass is 35.5. The van der Waals surface area contributed by atoms with Gasteiger partial charge in [0.05, 0.1) is 12.7 Å². The smallest absolute Gasteiger partial charge is 0.169 e. The lowest BCUT2D eigenvalue weighted by molar-refractivity contribution is 0.747. The summed E-state index contributed by atoms with van der Waals surface area (Å²) in [6, 6.07) is 0. The van der Waals surface area contributed by atoms with Crippen molar-refractivity contribution in [3.8, 4) is 0 Å². The minimum atomic E-state index is 0.480. The van der Waals surface area contributed by atoms with Gasteiger partial charge in [0.15, 0.2) is 5.82 Å². The van der Waals surface area contributed by atoms with E-state index in [4.69, 9.17) is 11.6 Å². The summed E-state index contributed by atoms with van der Waals surface area (Å²) in [4.78, 5) is 11.8. The molecule has 0 amide bonds. The number of aromatic nitrogens is 5. The van der Waals surface area contributed by atoms with E-state index in [2.05, 4.69) is 25.4 Å². The Morgan fingerprint density at radius 2 is 2.33 bits per heavy atom. The maximum absolute atomic E-state index is 5.86. The van der Waals surface area contributed by atoms with Crippen LogP contribution in [-0.4, -0.2) is 24.7 Å². The zero-order valence-corrected chi connectivity index (χ0v) is 8.81. The first kappa shape index (κ1) is 9.85. The fraction of sp³-hybridized carbons (Fsp3) is 0.250. The molecule has 0 bridgehead atoms. The molecule has 0 fully saturated rings. The SMILES string of the molecule is Cn1cnc(CNc2ncncc2Cl)n1. The topological polar surface area (TPSA) is 68.5 Å². The maximum atomic E-state index is 5.86. The van der Waals surface area contributed by atoms with Crippen molar-refractivity contribution in [2.24, 2.45) is 7.05 Å². The molecule has 2 aromatic heterocycles. The predicted molar refractivity (Wildman–Crippen MR) is 55.4 cm³/mol. The Bertz CT molecular complexity index is 454. The molecular weight excluding hydrogens is 216 g/mol. The van der Waals surface area contributed by atoms with E-state index in [9.17, 15) is 0 Å². The van der Waals surface area contributed by atoms with Crippen LogP contribution in [-0.2, 0) is 13.6 Å². The molecule has 7 heteroatoms. The second-order valence-corrected chi connectivity index (χ2v) is 3.31. The van der Waals surface area contributed by atoms with Gasteiger partial charge in [-0.25, -0.2) is 15.0 Å². The first-order valence-electron chi connectivity index (χ1n) is 4.29. The van der Waals surface area contributed by atoms with Gasteiger partial charge in [0.2, 0.25) is 0 Å². The monoisotopic (exact) mass is 224 g/mol. The van der Waals surface area contributed by atoms with Crippen LogP contribution in [0.5, 0.6) is 0 Å². The summed E-state index contributed by atoms with van der Waals surface area (Å²) in [6.07, 6.45) is 4.60. The molecule has 2 rings (SSSR count). The highest BCUT2D eigenvalue weighted by Crippen LogP contribution is 2.16. The molecule has 1 N–H and O–H groups in total. The normalized spacial score (nSPS) is 10.3. The van der Waals surface area contributed by atoms with Crippen LogP contribution in [0.2, 0.25) is 5.02 Å². The largest absolute Gasteiger partial charge is 0.361 e. The van der Waals surface area contributed by atoms with Crippen molar-refractivity contribution < 1.29 is 0 Å². The van der Waals surface area contributed by atoms with Gasteiger partial charge in [0, 0.05) is 7.05 Å². The lowest BCUT2D eigenvalue weighted by Crippen LogP contribution is -2.04. The number of nitrogens with zero attached hydrogens (tertiary/aromatic N) is 5. The Morgan fingerprint density at radius 3 is 3.00 bits per heavy atom. The van der Waals surface area contributed by atoms with Crippen LogP contribution in [0.4, 0.5) is 5.82 Å². The Labute approximate surface area is 91.3 Å². The summed E-state index contributed by atoms with van der Waals surface area (Å²) in [5.41, 5.74) is 0. The van der Waals surface area contributed by atoms with E-state index in [0.717, 1.165) is 0 Å². The number of hydrogen-bond donors (Lipinski definition) is 1. The number of anilines is 1. The van der Waals surface area contributed by atoms with Crippen molar-refractivity contribution in [1.82, 2.24) is 24.7 Å². The first-order valence-corrected chi connectivity index (χ1v) is 4.67. The lowest BCUT2D eigenvalue weighted by atomic mass is 10.5. The standard InChI is InChI=1S/C8H9ClN6/c1-15-5-13-7(14-15)3-11-8-6(9)2-10-4-12-8/h2,4-5H,3H2,1H3,(H,10,11,12). The minimum Gasteiger partial charge on any atom is -0.361 e. The highest BCUT2D eigenvalue weighted by molar-refractivity contribution is 6.32. The van der Waals surface area contributed by atoms with E-state index in [-0.39, 0.29) is 0 Å². The highest BCUT2D eigenvalue weighted by Gasteiger charge is 2.02. The second kappa shape index (κ2) is 4.22. The fourth-order valence-corrected chi connectivity index (χ4v) is 1.24.